The summed E-state index contributed by atoms with van der Waals surface area (Å²) in [6.45, 7) is 0.446. The van der Waals surface area contributed by atoms with E-state index in [2.05, 4.69) is 4.98 Å². The van der Waals surface area contributed by atoms with Gasteiger partial charge in [-0.05, 0) is 18.9 Å². The fraction of sp³-hybridized carbons (Fsp3) is 0.286. The maximum absolute atomic E-state index is 12.5. The van der Waals surface area contributed by atoms with Crippen molar-refractivity contribution < 1.29 is 14.7 Å². The summed E-state index contributed by atoms with van der Waals surface area (Å²) in [7, 11) is 0. The molecular weight excluding hydrogens is 280 g/mol. The van der Waals surface area contributed by atoms with Gasteiger partial charge in [-0.1, -0.05) is 29.8 Å². The molecule has 3 rings (SSSR count). The lowest BCUT2D eigenvalue weighted by molar-refractivity contribution is -0.141. The van der Waals surface area contributed by atoms with Crippen molar-refractivity contribution in [2.24, 2.45) is 0 Å². The molecule has 1 atom stereocenters. The number of aromatic amines is 1. The van der Waals surface area contributed by atoms with Crippen LogP contribution >= 0.6 is 11.6 Å². The van der Waals surface area contributed by atoms with Crippen molar-refractivity contribution >= 4 is 34.4 Å². The summed E-state index contributed by atoms with van der Waals surface area (Å²) in [5, 5.41) is 10.3. The summed E-state index contributed by atoms with van der Waals surface area (Å²) in [6, 6.07) is 6.58. The van der Waals surface area contributed by atoms with E-state index >= 15 is 0 Å². The second-order valence-corrected chi connectivity index (χ2v) is 5.23. The molecule has 1 amide bonds. The third kappa shape index (κ3) is 1.94. The molecule has 20 heavy (non-hydrogen) atoms. The first kappa shape index (κ1) is 13.0. The molecule has 5 nitrogen and oxygen atoms in total. The minimum atomic E-state index is -0.969. The summed E-state index contributed by atoms with van der Waals surface area (Å²) in [6.07, 6.45) is 1.18. The van der Waals surface area contributed by atoms with Gasteiger partial charge < -0.3 is 15.0 Å². The van der Waals surface area contributed by atoms with Crippen molar-refractivity contribution in [3.8, 4) is 0 Å². The summed E-state index contributed by atoms with van der Waals surface area (Å²) in [5.74, 6) is -1.32. The number of fused-ring (bicyclic) bond motifs is 1. The number of hydrogen-bond acceptors (Lipinski definition) is 2. The van der Waals surface area contributed by atoms with Gasteiger partial charge in [-0.15, -0.1) is 0 Å². The van der Waals surface area contributed by atoms with E-state index in [4.69, 9.17) is 16.7 Å². The van der Waals surface area contributed by atoms with Gasteiger partial charge in [0.1, 0.15) is 11.7 Å². The monoisotopic (exact) mass is 292 g/mol. The Hall–Kier alpha value is -2.01. The molecule has 1 saturated heterocycles. The number of aliphatic carboxylic acids is 1. The van der Waals surface area contributed by atoms with E-state index in [1.807, 2.05) is 24.3 Å². The molecule has 2 N–H and O–H groups in total. The molecule has 104 valence electrons. The van der Waals surface area contributed by atoms with Gasteiger partial charge in [0.25, 0.3) is 5.91 Å². The first-order valence-corrected chi connectivity index (χ1v) is 6.77. The number of H-pyrrole nitrogens is 1. The van der Waals surface area contributed by atoms with Crippen LogP contribution in [0.3, 0.4) is 0 Å². The molecule has 0 radical (unpaired) electrons. The predicted octanol–water partition coefficient (Wildman–Crippen LogP) is 2.51. The number of nitrogens with zero attached hydrogens (tertiary/aromatic N) is 1. The summed E-state index contributed by atoms with van der Waals surface area (Å²) >= 11 is 6.23. The number of carbonyl (C=O) groups excluding carboxylic acids is 1. The Morgan fingerprint density at radius 2 is 2.10 bits per heavy atom. The zero-order chi connectivity index (χ0) is 14.3. The lowest BCUT2D eigenvalue weighted by Gasteiger charge is -2.20. The van der Waals surface area contributed by atoms with Crippen molar-refractivity contribution in [2.75, 3.05) is 6.54 Å². The van der Waals surface area contributed by atoms with Gasteiger partial charge >= 0.3 is 5.97 Å². The normalized spacial score (nSPS) is 18.6. The number of halogens is 1. The largest absolute Gasteiger partial charge is 0.480 e. The smallest absolute Gasteiger partial charge is 0.326 e. The number of hydrogen-bond donors (Lipinski definition) is 2. The first-order chi connectivity index (χ1) is 9.59. The Balaban J connectivity index is 2.00. The van der Waals surface area contributed by atoms with Crippen LogP contribution in [-0.2, 0) is 4.79 Å². The number of carbonyl (C=O) groups is 2. The SMILES string of the molecule is O=C(O)C1CCCN1C(=O)c1[nH]c2ccccc2c1Cl. The van der Waals surface area contributed by atoms with Gasteiger partial charge in [0.05, 0.1) is 5.02 Å². The van der Waals surface area contributed by atoms with Gasteiger partial charge in [0.2, 0.25) is 0 Å². The van der Waals surface area contributed by atoms with Crippen LogP contribution in [-0.4, -0.2) is 39.5 Å². The number of para-hydroxylation sites is 1. The minimum Gasteiger partial charge on any atom is -0.480 e. The Kier molecular flexibility index (Phi) is 3.14. The highest BCUT2D eigenvalue weighted by Gasteiger charge is 2.35. The van der Waals surface area contributed by atoms with Crippen LogP contribution in [0.15, 0.2) is 24.3 Å². The molecule has 2 heterocycles. The van der Waals surface area contributed by atoms with Crippen molar-refractivity contribution in [2.45, 2.75) is 18.9 Å². The van der Waals surface area contributed by atoms with Crippen molar-refractivity contribution in [1.29, 1.82) is 0 Å². The summed E-state index contributed by atoms with van der Waals surface area (Å²) in [5.41, 5.74) is 1.04. The molecular formula is C14H13ClN2O3. The third-order valence-electron chi connectivity index (χ3n) is 3.66. The lowest BCUT2D eigenvalue weighted by Crippen LogP contribution is -2.40. The molecule has 1 unspecified atom stereocenters. The van der Waals surface area contributed by atoms with Crippen LogP contribution < -0.4 is 0 Å². The molecule has 1 aromatic carbocycles. The number of rotatable bonds is 2. The van der Waals surface area contributed by atoms with Crippen LogP contribution in [0.4, 0.5) is 0 Å². The highest BCUT2D eigenvalue weighted by molar-refractivity contribution is 6.38. The van der Waals surface area contributed by atoms with E-state index in [1.165, 1.54) is 4.90 Å². The number of benzene rings is 1. The maximum atomic E-state index is 12.5. The second-order valence-electron chi connectivity index (χ2n) is 4.85. The maximum Gasteiger partial charge on any atom is 0.326 e. The Bertz CT molecular complexity index is 695. The molecule has 0 saturated carbocycles. The zero-order valence-electron chi connectivity index (χ0n) is 10.6. The van der Waals surface area contributed by atoms with E-state index in [-0.39, 0.29) is 11.6 Å². The molecule has 1 fully saturated rings. The number of carboxylic acid groups (broad SMARTS) is 1. The number of aromatic nitrogens is 1. The van der Waals surface area contributed by atoms with E-state index in [9.17, 15) is 9.59 Å². The highest BCUT2D eigenvalue weighted by Crippen LogP contribution is 2.30. The minimum absolute atomic E-state index is 0.265. The second kappa shape index (κ2) is 4.83. The first-order valence-electron chi connectivity index (χ1n) is 6.39. The molecule has 0 bridgehead atoms. The molecule has 0 spiro atoms. The van der Waals surface area contributed by atoms with Crippen LogP contribution in [0.5, 0.6) is 0 Å². The molecule has 0 aliphatic carbocycles. The van der Waals surface area contributed by atoms with Crippen molar-refractivity contribution in [3.05, 3.63) is 35.0 Å². The Labute approximate surface area is 120 Å². The Morgan fingerprint density at radius 3 is 2.80 bits per heavy atom. The van der Waals surface area contributed by atoms with Crippen LogP contribution in [0.1, 0.15) is 23.3 Å². The number of nitrogens with one attached hydrogen (secondary N) is 1. The molecule has 1 aliphatic heterocycles. The van der Waals surface area contributed by atoms with Gasteiger partial charge in [0.15, 0.2) is 0 Å². The van der Waals surface area contributed by atoms with Gasteiger partial charge in [-0.2, -0.15) is 0 Å². The fourth-order valence-corrected chi connectivity index (χ4v) is 2.96. The zero-order valence-corrected chi connectivity index (χ0v) is 11.4. The number of carboxylic acids is 1. The van der Waals surface area contributed by atoms with Gasteiger partial charge in [0, 0.05) is 17.4 Å². The van der Waals surface area contributed by atoms with E-state index < -0.39 is 12.0 Å². The Morgan fingerprint density at radius 1 is 1.35 bits per heavy atom. The predicted molar refractivity (Wildman–Crippen MR) is 75.0 cm³/mol. The lowest BCUT2D eigenvalue weighted by atomic mass is 10.2. The summed E-state index contributed by atoms with van der Waals surface area (Å²) in [4.78, 5) is 28.0. The molecule has 2 aromatic rings. The van der Waals surface area contributed by atoms with Crippen molar-refractivity contribution in [1.82, 2.24) is 9.88 Å². The molecule has 1 aliphatic rings. The quantitative estimate of drug-likeness (QED) is 0.893. The average Bonchev–Trinajstić information content (AvgIpc) is 3.04. The topological polar surface area (TPSA) is 73.4 Å². The summed E-state index contributed by atoms with van der Waals surface area (Å²) < 4.78 is 0. The highest BCUT2D eigenvalue weighted by atomic mass is 35.5. The van der Waals surface area contributed by atoms with E-state index in [0.717, 1.165) is 10.9 Å². The van der Waals surface area contributed by atoms with Crippen LogP contribution in [0.25, 0.3) is 10.9 Å². The molecule has 1 aromatic heterocycles. The number of likely N-dealkylation sites (tertiary alicyclic amines) is 1. The molecule has 6 heteroatoms. The third-order valence-corrected chi connectivity index (χ3v) is 4.05. The number of amides is 1. The van der Waals surface area contributed by atoms with Crippen molar-refractivity contribution in [3.63, 3.8) is 0 Å². The van der Waals surface area contributed by atoms with Crippen LogP contribution in [0, 0.1) is 0 Å². The van der Waals surface area contributed by atoms with Gasteiger partial charge in [-0.3, -0.25) is 4.79 Å². The fourth-order valence-electron chi connectivity index (χ4n) is 2.67. The average molecular weight is 293 g/mol. The standard InChI is InChI=1S/C14H13ClN2O3/c15-11-8-4-1-2-5-9(8)16-12(11)13(18)17-7-3-6-10(17)14(19)20/h1-2,4-5,10,16H,3,6-7H2,(H,19,20). The van der Waals surface area contributed by atoms with Crippen LogP contribution in [0.2, 0.25) is 5.02 Å². The van der Waals surface area contributed by atoms with E-state index in [1.54, 1.807) is 0 Å². The van der Waals surface area contributed by atoms with E-state index in [0.29, 0.717) is 24.4 Å². The van der Waals surface area contributed by atoms with Gasteiger partial charge in [-0.25, -0.2) is 4.79 Å².